The second kappa shape index (κ2) is 7.52. The number of pyridine rings is 1. The fourth-order valence-corrected chi connectivity index (χ4v) is 3.63. The van der Waals surface area contributed by atoms with Crippen molar-refractivity contribution in [3.8, 4) is 22.3 Å². The minimum atomic E-state index is -0.974. The van der Waals surface area contributed by atoms with Gasteiger partial charge in [-0.25, -0.2) is 17.7 Å². The fraction of sp³-hybridized carbons (Fsp3) is 0.0870. The Balaban J connectivity index is 1.53. The van der Waals surface area contributed by atoms with Gasteiger partial charge in [0.15, 0.2) is 17.3 Å². The van der Waals surface area contributed by atoms with E-state index in [1.54, 1.807) is 47.4 Å². The van der Waals surface area contributed by atoms with Crippen molar-refractivity contribution in [3.63, 3.8) is 0 Å². The van der Waals surface area contributed by atoms with Crippen molar-refractivity contribution >= 4 is 11.6 Å². The van der Waals surface area contributed by atoms with Gasteiger partial charge >= 0.3 is 0 Å². The van der Waals surface area contributed by atoms with Crippen LogP contribution in [0.4, 0.5) is 19.1 Å². The Morgan fingerprint density at radius 3 is 2.50 bits per heavy atom. The van der Waals surface area contributed by atoms with E-state index in [0.29, 0.717) is 22.3 Å². The minimum Gasteiger partial charge on any atom is -0.366 e. The number of halogens is 3. The van der Waals surface area contributed by atoms with E-state index in [2.05, 4.69) is 15.2 Å². The SMILES string of the molecule is CC(c1ccc(F)cc1)n1cc(-c2cc(-c3ccn4nc(N)nc4c3)cc(F)c2F)cn1. The lowest BCUT2D eigenvalue weighted by Gasteiger charge is -2.12. The molecule has 0 amide bonds. The molecule has 0 aliphatic rings. The number of nitrogens with zero attached hydrogens (tertiary/aromatic N) is 5. The second-order valence-electron chi connectivity index (χ2n) is 7.44. The van der Waals surface area contributed by atoms with Crippen molar-refractivity contribution in [1.29, 1.82) is 0 Å². The highest BCUT2D eigenvalue weighted by molar-refractivity contribution is 5.74. The normalized spacial score (nSPS) is 12.4. The molecule has 0 saturated heterocycles. The van der Waals surface area contributed by atoms with Crippen LogP contribution in [0.2, 0.25) is 0 Å². The topological polar surface area (TPSA) is 74.0 Å². The largest absolute Gasteiger partial charge is 0.366 e. The van der Waals surface area contributed by atoms with Gasteiger partial charge in [0, 0.05) is 23.5 Å². The van der Waals surface area contributed by atoms with Crippen molar-refractivity contribution < 1.29 is 13.2 Å². The van der Waals surface area contributed by atoms with Crippen molar-refractivity contribution in [3.05, 3.63) is 90.1 Å². The maximum atomic E-state index is 14.7. The summed E-state index contributed by atoms with van der Waals surface area (Å²) in [6.45, 7) is 1.89. The average Bonchev–Trinajstić information content (AvgIpc) is 3.41. The number of rotatable bonds is 4. The third-order valence-electron chi connectivity index (χ3n) is 5.38. The van der Waals surface area contributed by atoms with Crippen LogP contribution in [0.1, 0.15) is 18.5 Å². The smallest absolute Gasteiger partial charge is 0.240 e. The average molecular weight is 434 g/mol. The molecular formula is C23H17F3N6. The molecule has 3 heterocycles. The molecule has 1 atom stereocenters. The van der Waals surface area contributed by atoms with E-state index in [1.165, 1.54) is 22.8 Å². The molecule has 0 saturated carbocycles. The fourth-order valence-electron chi connectivity index (χ4n) is 3.63. The van der Waals surface area contributed by atoms with Crippen LogP contribution in [-0.2, 0) is 0 Å². The zero-order chi connectivity index (χ0) is 22.4. The summed E-state index contributed by atoms with van der Waals surface area (Å²) in [7, 11) is 0. The third-order valence-corrected chi connectivity index (χ3v) is 5.38. The molecule has 3 aromatic heterocycles. The van der Waals surface area contributed by atoms with Gasteiger partial charge in [-0.05, 0) is 60.0 Å². The van der Waals surface area contributed by atoms with Crippen LogP contribution >= 0.6 is 0 Å². The lowest BCUT2D eigenvalue weighted by atomic mass is 10.0. The summed E-state index contributed by atoms with van der Waals surface area (Å²) in [6, 6.07) is 12.0. The first-order valence-electron chi connectivity index (χ1n) is 9.80. The van der Waals surface area contributed by atoms with Crippen LogP contribution < -0.4 is 5.73 Å². The van der Waals surface area contributed by atoms with Gasteiger partial charge < -0.3 is 5.73 Å². The van der Waals surface area contributed by atoms with Gasteiger partial charge in [-0.15, -0.1) is 5.10 Å². The van der Waals surface area contributed by atoms with E-state index >= 15 is 0 Å². The maximum Gasteiger partial charge on any atom is 0.240 e. The lowest BCUT2D eigenvalue weighted by molar-refractivity contribution is 0.511. The van der Waals surface area contributed by atoms with Crippen molar-refractivity contribution in [2.45, 2.75) is 13.0 Å². The Hall–Kier alpha value is -4.14. The Morgan fingerprint density at radius 1 is 0.938 bits per heavy atom. The highest BCUT2D eigenvalue weighted by Gasteiger charge is 2.17. The lowest BCUT2D eigenvalue weighted by Crippen LogP contribution is -2.06. The van der Waals surface area contributed by atoms with Crippen LogP contribution in [0.5, 0.6) is 0 Å². The Labute approximate surface area is 180 Å². The molecule has 5 rings (SSSR count). The predicted molar refractivity (Wildman–Crippen MR) is 114 cm³/mol. The summed E-state index contributed by atoms with van der Waals surface area (Å²) in [4.78, 5) is 4.10. The minimum absolute atomic E-state index is 0.0819. The predicted octanol–water partition coefficient (Wildman–Crippen LogP) is 4.87. The number of anilines is 1. The first kappa shape index (κ1) is 19.8. The van der Waals surface area contributed by atoms with Crippen molar-refractivity contribution in [1.82, 2.24) is 24.4 Å². The molecule has 0 spiro atoms. The summed E-state index contributed by atoms with van der Waals surface area (Å²) in [5.41, 5.74) is 8.56. The highest BCUT2D eigenvalue weighted by atomic mass is 19.2. The standard InChI is InChI=1S/C23H17F3N6/c1-13(14-2-4-18(24)5-3-14)32-12-17(11-28-32)19-8-16(9-20(25)22(19)26)15-6-7-31-21(10-15)29-23(27)30-31/h2-13H,1H3,(H2,27,30). The molecule has 5 aromatic rings. The molecule has 9 heteroatoms. The Kier molecular flexibility index (Phi) is 4.66. The van der Waals surface area contributed by atoms with Crippen molar-refractivity contribution in [2.24, 2.45) is 0 Å². The molecular weight excluding hydrogens is 417 g/mol. The van der Waals surface area contributed by atoms with E-state index in [9.17, 15) is 13.2 Å². The van der Waals surface area contributed by atoms with E-state index < -0.39 is 11.6 Å². The van der Waals surface area contributed by atoms with Gasteiger partial charge in [-0.3, -0.25) is 4.68 Å². The van der Waals surface area contributed by atoms with Gasteiger partial charge in [-0.1, -0.05) is 12.1 Å². The monoisotopic (exact) mass is 434 g/mol. The van der Waals surface area contributed by atoms with Crippen molar-refractivity contribution in [2.75, 3.05) is 5.73 Å². The zero-order valence-corrected chi connectivity index (χ0v) is 16.9. The van der Waals surface area contributed by atoms with Gasteiger partial charge in [-0.2, -0.15) is 10.1 Å². The molecule has 0 radical (unpaired) electrons. The molecule has 2 aromatic carbocycles. The first-order valence-corrected chi connectivity index (χ1v) is 9.80. The number of aromatic nitrogens is 5. The molecule has 2 N–H and O–H groups in total. The number of nitrogens with two attached hydrogens (primary N) is 1. The molecule has 0 bridgehead atoms. The summed E-state index contributed by atoms with van der Waals surface area (Å²) in [6.07, 6.45) is 4.76. The van der Waals surface area contributed by atoms with Gasteiger partial charge in [0.1, 0.15) is 5.82 Å². The Bertz CT molecular complexity index is 1440. The number of fused-ring (bicyclic) bond motifs is 1. The summed E-state index contributed by atoms with van der Waals surface area (Å²) < 4.78 is 45.6. The molecule has 1 unspecified atom stereocenters. The molecule has 0 fully saturated rings. The third kappa shape index (κ3) is 3.47. The summed E-state index contributed by atoms with van der Waals surface area (Å²) in [5.74, 6) is -2.15. The van der Waals surface area contributed by atoms with E-state index in [4.69, 9.17) is 5.73 Å². The first-order chi connectivity index (χ1) is 15.4. The van der Waals surface area contributed by atoms with Gasteiger partial charge in [0.05, 0.1) is 12.2 Å². The number of nitrogen functional groups attached to an aromatic ring is 1. The second-order valence-corrected chi connectivity index (χ2v) is 7.44. The van der Waals surface area contributed by atoms with Crippen LogP contribution in [0, 0.1) is 17.5 Å². The number of hydrogen-bond acceptors (Lipinski definition) is 4. The number of benzene rings is 2. The van der Waals surface area contributed by atoms with E-state index in [-0.39, 0.29) is 23.4 Å². The highest BCUT2D eigenvalue weighted by Crippen LogP contribution is 2.32. The Morgan fingerprint density at radius 2 is 1.72 bits per heavy atom. The van der Waals surface area contributed by atoms with E-state index in [1.807, 2.05) is 6.92 Å². The molecule has 6 nitrogen and oxygen atoms in total. The summed E-state index contributed by atoms with van der Waals surface area (Å²) >= 11 is 0. The van der Waals surface area contributed by atoms with Gasteiger partial charge in [0.25, 0.3) is 0 Å². The maximum absolute atomic E-state index is 14.7. The number of hydrogen-bond donors (Lipinski definition) is 1. The van der Waals surface area contributed by atoms with Crippen LogP contribution in [-0.4, -0.2) is 24.4 Å². The molecule has 0 aliphatic carbocycles. The van der Waals surface area contributed by atoms with Gasteiger partial charge in [0.2, 0.25) is 5.95 Å². The summed E-state index contributed by atoms with van der Waals surface area (Å²) in [5, 5.41) is 8.32. The van der Waals surface area contributed by atoms with Crippen LogP contribution in [0.3, 0.4) is 0 Å². The van der Waals surface area contributed by atoms with Crippen LogP contribution in [0.25, 0.3) is 27.9 Å². The van der Waals surface area contributed by atoms with Crippen LogP contribution in [0.15, 0.2) is 67.1 Å². The van der Waals surface area contributed by atoms with E-state index in [0.717, 1.165) is 11.6 Å². The zero-order valence-electron chi connectivity index (χ0n) is 16.9. The quantitative estimate of drug-likeness (QED) is 0.438. The molecule has 160 valence electrons. The molecule has 32 heavy (non-hydrogen) atoms. The molecule has 0 aliphatic heterocycles.